The average molecular weight is 505 g/mol. The third kappa shape index (κ3) is 6.24. The molecule has 0 radical (unpaired) electrons. The lowest BCUT2D eigenvalue weighted by Crippen LogP contribution is -2.45. The second-order valence-electron chi connectivity index (χ2n) is 8.89. The fourth-order valence-corrected chi connectivity index (χ4v) is 4.77. The summed E-state index contributed by atoms with van der Waals surface area (Å²) in [4.78, 5) is 21.7. The molecule has 2 N–H and O–H groups in total. The van der Waals surface area contributed by atoms with Crippen LogP contribution >= 0.6 is 11.6 Å². The summed E-state index contributed by atoms with van der Waals surface area (Å²) >= 11 is 6.15. The number of carbonyl (C=O) groups excluding carboxylic acids is 1. The maximum absolute atomic E-state index is 13.1. The van der Waals surface area contributed by atoms with E-state index in [9.17, 15) is 18.0 Å². The monoisotopic (exact) mass is 504 g/mol. The highest BCUT2D eigenvalue weighted by atomic mass is 35.5. The number of carbonyl (C=O) groups is 1. The largest absolute Gasteiger partial charge is 0.430 e. The lowest BCUT2D eigenvalue weighted by Gasteiger charge is -2.36. The molecule has 2 aromatic carbocycles. The Morgan fingerprint density at radius 2 is 1.57 bits per heavy atom. The van der Waals surface area contributed by atoms with Crippen LogP contribution in [0.15, 0.2) is 65.3 Å². The van der Waals surface area contributed by atoms with Crippen LogP contribution in [0, 0.1) is 0 Å². The van der Waals surface area contributed by atoms with E-state index in [2.05, 4.69) is 9.89 Å². The Morgan fingerprint density at radius 1 is 0.971 bits per heavy atom. The van der Waals surface area contributed by atoms with Gasteiger partial charge in [-0.05, 0) is 69.1 Å². The topological polar surface area (TPSA) is 61.9 Å². The molecule has 0 aliphatic carbocycles. The van der Waals surface area contributed by atoms with Crippen molar-refractivity contribution in [2.24, 2.45) is 10.7 Å². The number of amides is 1. The molecule has 0 bridgehead atoms. The number of piperidine rings is 1. The Bertz CT molecular complexity index is 1100. The second-order valence-corrected chi connectivity index (χ2v) is 9.30. The van der Waals surface area contributed by atoms with Crippen LogP contribution in [0.2, 0.25) is 5.02 Å². The third-order valence-corrected chi connectivity index (χ3v) is 6.87. The predicted octanol–water partition coefficient (Wildman–Crippen LogP) is 5.57. The minimum atomic E-state index is -4.70. The molecule has 0 unspecified atom stereocenters. The number of alkyl halides is 3. The van der Waals surface area contributed by atoms with E-state index >= 15 is 0 Å². The Kier molecular flexibility index (Phi) is 7.82. The molecule has 0 atom stereocenters. The molecule has 5 nitrogen and oxygen atoms in total. The summed E-state index contributed by atoms with van der Waals surface area (Å²) in [6.07, 6.45) is 0.496. The number of hydrogen-bond acceptors (Lipinski definition) is 4. The molecule has 186 valence electrons. The van der Waals surface area contributed by atoms with Gasteiger partial charge in [-0.25, -0.2) is 4.99 Å². The number of halogens is 4. The van der Waals surface area contributed by atoms with Gasteiger partial charge >= 0.3 is 6.18 Å². The lowest BCUT2D eigenvalue weighted by atomic mass is 10.0. The summed E-state index contributed by atoms with van der Waals surface area (Å²) in [5, 5.41) is 0.299. The van der Waals surface area contributed by atoms with Gasteiger partial charge in [-0.2, -0.15) is 13.2 Å². The van der Waals surface area contributed by atoms with E-state index in [-0.39, 0.29) is 11.6 Å². The highest BCUT2D eigenvalue weighted by Gasteiger charge is 2.32. The van der Waals surface area contributed by atoms with Crippen LogP contribution in [0.25, 0.3) is 0 Å². The third-order valence-electron chi connectivity index (χ3n) is 6.55. The Balaban J connectivity index is 1.52. The van der Waals surface area contributed by atoms with Crippen molar-refractivity contribution in [1.82, 2.24) is 9.80 Å². The van der Waals surface area contributed by atoms with Crippen molar-refractivity contribution in [3.63, 3.8) is 0 Å². The summed E-state index contributed by atoms with van der Waals surface area (Å²) < 4.78 is 39.4. The molecule has 2 saturated heterocycles. The van der Waals surface area contributed by atoms with Gasteiger partial charge in [-0.3, -0.25) is 4.79 Å². The molecule has 2 aliphatic heterocycles. The molecule has 2 aromatic rings. The van der Waals surface area contributed by atoms with Crippen molar-refractivity contribution in [1.29, 1.82) is 0 Å². The van der Waals surface area contributed by atoms with Crippen molar-refractivity contribution in [2.75, 3.05) is 26.2 Å². The Morgan fingerprint density at radius 3 is 2.17 bits per heavy atom. The van der Waals surface area contributed by atoms with E-state index in [0.29, 0.717) is 41.0 Å². The summed E-state index contributed by atoms with van der Waals surface area (Å²) in [6, 6.07) is 13.5. The molecular formula is C26H28ClF3N4O. The van der Waals surface area contributed by atoms with Gasteiger partial charge in [0.1, 0.15) is 5.70 Å². The molecule has 1 amide bonds. The maximum Gasteiger partial charge on any atom is 0.430 e. The normalized spacial score (nSPS) is 18.8. The van der Waals surface area contributed by atoms with Crippen molar-refractivity contribution in [3.05, 3.63) is 76.5 Å². The quantitative estimate of drug-likeness (QED) is 0.542. The molecular weight excluding hydrogens is 477 g/mol. The zero-order valence-corrected chi connectivity index (χ0v) is 20.0. The number of para-hydroxylation sites is 1. The smallest absolute Gasteiger partial charge is 0.395 e. The van der Waals surface area contributed by atoms with Crippen molar-refractivity contribution in [3.8, 4) is 0 Å². The number of benzene rings is 2. The lowest BCUT2D eigenvalue weighted by molar-refractivity contribution is -0.0925. The number of allylic oxidation sites excluding steroid dienone is 2. The molecule has 2 aliphatic rings. The van der Waals surface area contributed by atoms with E-state index in [1.807, 2.05) is 4.90 Å². The zero-order valence-electron chi connectivity index (χ0n) is 19.3. The average Bonchev–Trinajstić information content (AvgIpc) is 3.39. The minimum Gasteiger partial charge on any atom is -0.395 e. The van der Waals surface area contributed by atoms with E-state index in [4.69, 9.17) is 17.3 Å². The highest BCUT2D eigenvalue weighted by molar-refractivity contribution is 6.33. The van der Waals surface area contributed by atoms with Crippen LogP contribution in [-0.4, -0.2) is 59.8 Å². The number of aliphatic imine (C=N–C) groups is 1. The van der Waals surface area contributed by atoms with Gasteiger partial charge in [0.2, 0.25) is 0 Å². The summed E-state index contributed by atoms with van der Waals surface area (Å²) in [6.45, 7) is 3.69. The minimum absolute atomic E-state index is 0.00153. The first kappa shape index (κ1) is 25.3. The molecule has 9 heteroatoms. The molecule has 2 fully saturated rings. The van der Waals surface area contributed by atoms with E-state index in [1.54, 1.807) is 48.5 Å². The van der Waals surface area contributed by atoms with E-state index in [1.165, 1.54) is 12.8 Å². The van der Waals surface area contributed by atoms with Crippen LogP contribution < -0.4 is 5.73 Å². The van der Waals surface area contributed by atoms with Gasteiger partial charge in [0, 0.05) is 30.3 Å². The van der Waals surface area contributed by atoms with Gasteiger partial charge in [-0.1, -0.05) is 35.9 Å². The number of nitrogens with zero attached hydrogens (tertiary/aromatic N) is 3. The molecule has 2 heterocycles. The maximum atomic E-state index is 13.1. The first-order valence-corrected chi connectivity index (χ1v) is 12.1. The predicted molar refractivity (Wildman–Crippen MR) is 132 cm³/mol. The van der Waals surface area contributed by atoms with Crippen LogP contribution in [0.1, 0.15) is 41.6 Å². The Labute approximate surface area is 208 Å². The fraction of sp³-hybridized carbons (Fsp3) is 0.385. The van der Waals surface area contributed by atoms with Gasteiger partial charge < -0.3 is 15.5 Å². The van der Waals surface area contributed by atoms with E-state index < -0.39 is 11.9 Å². The first-order chi connectivity index (χ1) is 16.7. The van der Waals surface area contributed by atoms with Crippen molar-refractivity contribution in [2.45, 2.75) is 37.9 Å². The number of nitrogens with two attached hydrogens (primary N) is 1. The van der Waals surface area contributed by atoms with Gasteiger partial charge in [0.25, 0.3) is 5.91 Å². The number of hydrogen-bond donors (Lipinski definition) is 1. The summed E-state index contributed by atoms with van der Waals surface area (Å²) in [7, 11) is 0. The van der Waals surface area contributed by atoms with Crippen molar-refractivity contribution < 1.29 is 18.0 Å². The standard InChI is InChI=1S/C26H28ClF3N4O/c27-21-5-1-2-6-22(21)32-23(17-24(31)26(28,29)30)18-7-9-19(10-8-18)25(35)34-15-11-20(12-16-34)33-13-3-4-14-33/h1-2,5-10,17,20H,3-4,11-16,31H2. The molecule has 0 spiro atoms. The van der Waals surface area contributed by atoms with Crippen LogP contribution in [-0.2, 0) is 0 Å². The fourth-order valence-electron chi connectivity index (χ4n) is 4.59. The van der Waals surface area contributed by atoms with Gasteiger partial charge in [0.15, 0.2) is 0 Å². The second kappa shape index (κ2) is 10.8. The van der Waals surface area contributed by atoms with Crippen LogP contribution in [0.4, 0.5) is 18.9 Å². The number of likely N-dealkylation sites (tertiary alicyclic amines) is 2. The van der Waals surface area contributed by atoms with Crippen molar-refractivity contribution >= 4 is 28.9 Å². The summed E-state index contributed by atoms with van der Waals surface area (Å²) in [5.74, 6) is -0.0774. The van der Waals surface area contributed by atoms with Gasteiger partial charge in [-0.15, -0.1) is 0 Å². The summed E-state index contributed by atoms with van der Waals surface area (Å²) in [5.41, 5.74) is 5.19. The number of rotatable bonds is 5. The molecule has 0 saturated carbocycles. The van der Waals surface area contributed by atoms with Gasteiger partial charge in [0.05, 0.1) is 16.4 Å². The van der Waals surface area contributed by atoms with Crippen LogP contribution in [0.5, 0.6) is 0 Å². The highest BCUT2D eigenvalue weighted by Crippen LogP contribution is 2.27. The zero-order chi connectivity index (χ0) is 25.0. The molecule has 0 aromatic heterocycles. The van der Waals surface area contributed by atoms with Crippen LogP contribution in [0.3, 0.4) is 0 Å². The van der Waals surface area contributed by atoms with E-state index in [0.717, 1.165) is 32.0 Å². The molecule has 4 rings (SSSR count). The first-order valence-electron chi connectivity index (χ1n) is 11.7. The Hall–Kier alpha value is -2.84. The SMILES string of the molecule is NC(=CC(=Nc1ccccc1Cl)c1ccc(C(=O)N2CCC(N3CCCC3)CC2)cc1)C(F)(F)F. The molecule has 35 heavy (non-hydrogen) atoms.